The number of halogens is 3. The van der Waals surface area contributed by atoms with Crippen molar-refractivity contribution in [2.24, 2.45) is 5.92 Å². The molecule has 5 nitrogen and oxygen atoms in total. The van der Waals surface area contributed by atoms with Crippen molar-refractivity contribution in [3.8, 4) is 0 Å². The van der Waals surface area contributed by atoms with Crippen LogP contribution in [0.1, 0.15) is 32.6 Å². The van der Waals surface area contributed by atoms with Crippen LogP contribution >= 0.6 is 0 Å². The predicted octanol–water partition coefficient (Wildman–Crippen LogP) is 1.81. The molecule has 2 atom stereocenters. The van der Waals surface area contributed by atoms with Crippen LogP contribution in [0.5, 0.6) is 0 Å². The zero-order chi connectivity index (χ0) is 17.0. The van der Waals surface area contributed by atoms with Gasteiger partial charge in [-0.25, -0.2) is 0 Å². The number of carbonyl (C=O) groups excluding carboxylic acids is 2. The summed E-state index contributed by atoms with van der Waals surface area (Å²) in [4.78, 5) is 27.1. The van der Waals surface area contributed by atoms with E-state index in [0.717, 1.165) is 11.3 Å². The average Bonchev–Trinajstić information content (AvgIpc) is 3.05. The summed E-state index contributed by atoms with van der Waals surface area (Å²) in [6.07, 6.45) is -2.22. The molecule has 0 saturated carbocycles. The van der Waals surface area contributed by atoms with Crippen LogP contribution in [-0.4, -0.2) is 66.7 Å². The molecule has 0 aromatic rings. The summed E-state index contributed by atoms with van der Waals surface area (Å²) in [5, 5.41) is 0. The highest BCUT2D eigenvalue weighted by Crippen LogP contribution is 2.24. The minimum atomic E-state index is -4.41. The third-order valence-corrected chi connectivity index (χ3v) is 4.35. The number of nitrogens with zero attached hydrogens (tertiary/aromatic N) is 2. The van der Waals surface area contributed by atoms with Crippen LogP contribution in [0.3, 0.4) is 0 Å². The Labute approximate surface area is 133 Å². The molecule has 2 fully saturated rings. The first-order valence-corrected chi connectivity index (χ1v) is 8.07. The predicted molar refractivity (Wildman–Crippen MR) is 76.6 cm³/mol. The van der Waals surface area contributed by atoms with Gasteiger partial charge >= 0.3 is 6.18 Å². The molecule has 2 saturated heterocycles. The van der Waals surface area contributed by atoms with Gasteiger partial charge in [-0.15, -0.1) is 0 Å². The summed E-state index contributed by atoms with van der Waals surface area (Å²) in [6, 6.07) is 0. The van der Waals surface area contributed by atoms with E-state index in [1.807, 2.05) is 0 Å². The fraction of sp³-hybridized carbons (Fsp3) is 0.867. The molecule has 0 aromatic carbocycles. The van der Waals surface area contributed by atoms with Gasteiger partial charge in [-0.3, -0.25) is 9.59 Å². The van der Waals surface area contributed by atoms with Crippen LogP contribution in [0.2, 0.25) is 0 Å². The Bertz CT molecular complexity index is 436. The fourth-order valence-electron chi connectivity index (χ4n) is 3.18. The van der Waals surface area contributed by atoms with E-state index in [4.69, 9.17) is 4.74 Å². The molecule has 0 aromatic heterocycles. The molecule has 132 valence electrons. The molecular weight excluding hydrogens is 313 g/mol. The minimum absolute atomic E-state index is 0.00846. The molecule has 0 N–H and O–H groups in total. The number of piperidine rings is 1. The number of hydrogen-bond acceptors (Lipinski definition) is 3. The van der Waals surface area contributed by atoms with E-state index in [1.54, 1.807) is 4.90 Å². The second-order valence-corrected chi connectivity index (χ2v) is 6.09. The first-order valence-electron chi connectivity index (χ1n) is 8.07. The molecule has 8 heteroatoms. The van der Waals surface area contributed by atoms with Gasteiger partial charge < -0.3 is 14.5 Å². The standard InChI is InChI=1S/C15H23F3N2O3/c1-2-19(10-15(16,17)18)13(21)11-5-3-7-20(9-11)14(22)12-6-4-8-23-12/h11-12H,2-10H2,1H3. The van der Waals surface area contributed by atoms with E-state index in [0.29, 0.717) is 32.4 Å². The van der Waals surface area contributed by atoms with Crippen molar-refractivity contribution in [3.05, 3.63) is 0 Å². The van der Waals surface area contributed by atoms with E-state index in [-0.39, 0.29) is 19.0 Å². The quantitative estimate of drug-likeness (QED) is 0.787. The third-order valence-electron chi connectivity index (χ3n) is 4.35. The van der Waals surface area contributed by atoms with Gasteiger partial charge in [-0.05, 0) is 32.6 Å². The van der Waals surface area contributed by atoms with Crippen molar-refractivity contribution in [2.45, 2.75) is 44.9 Å². The highest BCUT2D eigenvalue weighted by Gasteiger charge is 2.38. The lowest BCUT2D eigenvalue weighted by molar-refractivity contribution is -0.165. The Hall–Kier alpha value is -1.31. The normalized spacial score (nSPS) is 25.5. The average molecular weight is 336 g/mol. The topological polar surface area (TPSA) is 49.9 Å². The Morgan fingerprint density at radius 2 is 2.00 bits per heavy atom. The number of carbonyl (C=O) groups is 2. The number of rotatable bonds is 4. The van der Waals surface area contributed by atoms with Crippen LogP contribution in [0.4, 0.5) is 13.2 Å². The van der Waals surface area contributed by atoms with Crippen molar-refractivity contribution >= 4 is 11.8 Å². The minimum Gasteiger partial charge on any atom is -0.368 e. The Morgan fingerprint density at radius 1 is 1.26 bits per heavy atom. The first kappa shape index (κ1) is 18.0. The van der Waals surface area contributed by atoms with E-state index < -0.39 is 30.7 Å². The van der Waals surface area contributed by atoms with Gasteiger partial charge in [0.2, 0.25) is 5.91 Å². The van der Waals surface area contributed by atoms with Crippen molar-refractivity contribution in [2.75, 3.05) is 32.8 Å². The van der Waals surface area contributed by atoms with Crippen LogP contribution in [0, 0.1) is 5.92 Å². The van der Waals surface area contributed by atoms with Gasteiger partial charge in [0.15, 0.2) is 0 Å². The maximum atomic E-state index is 12.6. The van der Waals surface area contributed by atoms with Crippen molar-refractivity contribution in [1.82, 2.24) is 9.80 Å². The summed E-state index contributed by atoms with van der Waals surface area (Å²) in [7, 11) is 0. The van der Waals surface area contributed by atoms with Gasteiger partial charge in [0.25, 0.3) is 5.91 Å². The molecule has 0 aliphatic carbocycles. The van der Waals surface area contributed by atoms with Crippen LogP contribution in [0.25, 0.3) is 0 Å². The largest absolute Gasteiger partial charge is 0.406 e. The molecule has 2 aliphatic heterocycles. The molecule has 0 bridgehead atoms. The van der Waals surface area contributed by atoms with Gasteiger partial charge in [0.1, 0.15) is 12.6 Å². The van der Waals surface area contributed by atoms with Crippen LogP contribution in [-0.2, 0) is 14.3 Å². The Morgan fingerprint density at radius 3 is 2.57 bits per heavy atom. The SMILES string of the molecule is CCN(CC(F)(F)F)C(=O)C1CCCN(C(=O)C2CCCO2)C1. The zero-order valence-corrected chi connectivity index (χ0v) is 13.3. The molecule has 2 unspecified atom stereocenters. The first-order chi connectivity index (χ1) is 10.8. The van der Waals surface area contributed by atoms with Gasteiger partial charge in [-0.1, -0.05) is 0 Å². The van der Waals surface area contributed by atoms with Crippen LogP contribution < -0.4 is 0 Å². The second kappa shape index (κ2) is 7.51. The molecule has 0 radical (unpaired) electrons. The molecule has 2 amide bonds. The van der Waals surface area contributed by atoms with Gasteiger partial charge in [-0.2, -0.15) is 13.2 Å². The summed E-state index contributed by atoms with van der Waals surface area (Å²) < 4.78 is 43.0. The Kier molecular flexibility index (Phi) is 5.89. The number of ether oxygens (including phenoxy) is 1. The van der Waals surface area contributed by atoms with Gasteiger partial charge in [0.05, 0.1) is 5.92 Å². The van der Waals surface area contributed by atoms with Crippen LogP contribution in [0.15, 0.2) is 0 Å². The van der Waals surface area contributed by atoms with E-state index >= 15 is 0 Å². The van der Waals surface area contributed by atoms with E-state index in [2.05, 4.69) is 0 Å². The number of amides is 2. The number of alkyl halides is 3. The van der Waals surface area contributed by atoms with Crippen molar-refractivity contribution in [1.29, 1.82) is 0 Å². The Balaban J connectivity index is 1.96. The summed E-state index contributed by atoms with van der Waals surface area (Å²) in [6.45, 7) is 1.58. The van der Waals surface area contributed by atoms with E-state index in [9.17, 15) is 22.8 Å². The zero-order valence-electron chi connectivity index (χ0n) is 13.3. The molecule has 2 heterocycles. The molecule has 2 aliphatic rings. The maximum absolute atomic E-state index is 12.6. The number of hydrogen-bond donors (Lipinski definition) is 0. The maximum Gasteiger partial charge on any atom is 0.406 e. The second-order valence-electron chi connectivity index (χ2n) is 6.09. The van der Waals surface area contributed by atoms with Crippen molar-refractivity contribution < 1.29 is 27.5 Å². The lowest BCUT2D eigenvalue weighted by Gasteiger charge is -2.35. The number of likely N-dealkylation sites (tertiary alicyclic amines) is 1. The summed E-state index contributed by atoms with van der Waals surface area (Å²) >= 11 is 0. The molecule has 23 heavy (non-hydrogen) atoms. The lowest BCUT2D eigenvalue weighted by atomic mass is 9.95. The summed E-state index contributed by atoms with van der Waals surface area (Å²) in [5.41, 5.74) is 0. The molecular formula is C15H23F3N2O3. The smallest absolute Gasteiger partial charge is 0.368 e. The van der Waals surface area contributed by atoms with Crippen molar-refractivity contribution in [3.63, 3.8) is 0 Å². The summed E-state index contributed by atoms with van der Waals surface area (Å²) in [5.74, 6) is -1.22. The highest BCUT2D eigenvalue weighted by atomic mass is 19.4. The van der Waals surface area contributed by atoms with Gasteiger partial charge in [0, 0.05) is 26.2 Å². The third kappa shape index (κ3) is 4.83. The molecule has 0 spiro atoms. The monoisotopic (exact) mass is 336 g/mol. The highest BCUT2D eigenvalue weighted by molar-refractivity contribution is 5.83. The lowest BCUT2D eigenvalue weighted by Crippen LogP contribution is -2.50. The molecule has 2 rings (SSSR count). The fourth-order valence-corrected chi connectivity index (χ4v) is 3.18. The van der Waals surface area contributed by atoms with E-state index in [1.165, 1.54) is 6.92 Å².